The van der Waals surface area contributed by atoms with Gasteiger partial charge in [0.15, 0.2) is 0 Å². The normalized spacial score (nSPS) is 25.4. The molecule has 3 heteroatoms. The third-order valence-corrected chi connectivity index (χ3v) is 4.84. The molecule has 2 unspecified atom stereocenters. The highest BCUT2D eigenvalue weighted by Crippen LogP contribution is 2.33. The number of halogens is 1. The van der Waals surface area contributed by atoms with Crippen LogP contribution < -0.4 is 10.1 Å². The zero-order valence-electron chi connectivity index (χ0n) is 11.5. The molecule has 1 aliphatic carbocycles. The average Bonchev–Trinajstić information content (AvgIpc) is 2.98. The van der Waals surface area contributed by atoms with Gasteiger partial charge in [-0.25, -0.2) is 0 Å². The Labute approximate surface area is 124 Å². The van der Waals surface area contributed by atoms with E-state index >= 15 is 0 Å². The summed E-state index contributed by atoms with van der Waals surface area (Å²) >= 11 is 3.60. The molecule has 1 heterocycles. The van der Waals surface area contributed by atoms with Crippen LogP contribution in [0.5, 0.6) is 5.75 Å². The van der Waals surface area contributed by atoms with Gasteiger partial charge in [0.05, 0.1) is 6.61 Å². The first kappa shape index (κ1) is 13.4. The van der Waals surface area contributed by atoms with Crippen molar-refractivity contribution in [1.82, 2.24) is 5.32 Å². The third-order valence-electron chi connectivity index (χ3n) is 4.38. The summed E-state index contributed by atoms with van der Waals surface area (Å²) in [5, 5.41) is 3.62. The third kappa shape index (κ3) is 3.14. The van der Waals surface area contributed by atoms with E-state index in [1.165, 1.54) is 34.9 Å². The van der Waals surface area contributed by atoms with Crippen molar-refractivity contribution in [2.24, 2.45) is 11.8 Å². The molecule has 0 saturated heterocycles. The average molecular weight is 324 g/mol. The van der Waals surface area contributed by atoms with Crippen molar-refractivity contribution in [3.8, 4) is 5.75 Å². The molecule has 1 saturated carbocycles. The van der Waals surface area contributed by atoms with E-state index in [4.69, 9.17) is 4.74 Å². The van der Waals surface area contributed by atoms with Gasteiger partial charge in [-0.05, 0) is 48.9 Å². The van der Waals surface area contributed by atoms with Gasteiger partial charge in [-0.3, -0.25) is 0 Å². The van der Waals surface area contributed by atoms with E-state index in [-0.39, 0.29) is 0 Å². The van der Waals surface area contributed by atoms with Crippen molar-refractivity contribution in [3.63, 3.8) is 0 Å². The zero-order chi connectivity index (χ0) is 13.2. The Morgan fingerprint density at radius 3 is 3.05 bits per heavy atom. The SMILES string of the molecule is CC1CCC(CNCc2cc(Br)cc3c2OCC3)C1. The number of nitrogens with one attached hydrogen (secondary N) is 1. The van der Waals surface area contributed by atoms with Gasteiger partial charge in [0.1, 0.15) is 5.75 Å². The van der Waals surface area contributed by atoms with Gasteiger partial charge >= 0.3 is 0 Å². The number of hydrogen-bond donors (Lipinski definition) is 1. The molecule has 0 bridgehead atoms. The van der Waals surface area contributed by atoms with E-state index in [1.807, 2.05) is 0 Å². The minimum atomic E-state index is 0.832. The topological polar surface area (TPSA) is 21.3 Å². The molecule has 2 atom stereocenters. The zero-order valence-corrected chi connectivity index (χ0v) is 13.1. The second-order valence-corrected chi connectivity index (χ2v) is 6.98. The quantitative estimate of drug-likeness (QED) is 0.907. The molecule has 1 aromatic carbocycles. The van der Waals surface area contributed by atoms with Crippen LogP contribution >= 0.6 is 15.9 Å². The number of ether oxygens (including phenoxy) is 1. The number of hydrogen-bond acceptors (Lipinski definition) is 2. The van der Waals surface area contributed by atoms with E-state index in [0.717, 1.165) is 43.7 Å². The molecule has 0 radical (unpaired) electrons. The Bertz CT molecular complexity index is 460. The number of rotatable bonds is 4. The number of benzene rings is 1. The van der Waals surface area contributed by atoms with Crippen LogP contribution in [0.15, 0.2) is 16.6 Å². The molecular weight excluding hydrogens is 302 g/mol. The lowest BCUT2D eigenvalue weighted by atomic mass is 10.1. The summed E-state index contributed by atoms with van der Waals surface area (Å²) in [6.07, 6.45) is 5.23. The molecular formula is C16H22BrNO. The van der Waals surface area contributed by atoms with E-state index < -0.39 is 0 Å². The van der Waals surface area contributed by atoms with Gasteiger partial charge in [0.2, 0.25) is 0 Å². The first-order valence-corrected chi connectivity index (χ1v) is 8.16. The van der Waals surface area contributed by atoms with Crippen LogP contribution in [-0.4, -0.2) is 13.2 Å². The van der Waals surface area contributed by atoms with Gasteiger partial charge in [-0.15, -0.1) is 0 Å². The summed E-state index contributed by atoms with van der Waals surface area (Å²) in [7, 11) is 0. The standard InChI is InChI=1S/C16H22BrNO/c1-11-2-3-12(6-11)9-18-10-14-8-15(17)7-13-4-5-19-16(13)14/h7-8,11-12,18H,2-6,9-10H2,1H3. The van der Waals surface area contributed by atoms with Crippen molar-refractivity contribution in [3.05, 3.63) is 27.7 Å². The summed E-state index contributed by atoms with van der Waals surface area (Å²) in [6, 6.07) is 4.37. The molecule has 1 aliphatic heterocycles. The lowest BCUT2D eigenvalue weighted by Crippen LogP contribution is -2.21. The molecule has 0 spiro atoms. The molecule has 19 heavy (non-hydrogen) atoms. The molecule has 2 nitrogen and oxygen atoms in total. The Morgan fingerprint density at radius 2 is 2.26 bits per heavy atom. The van der Waals surface area contributed by atoms with Gasteiger partial charge in [-0.2, -0.15) is 0 Å². The second kappa shape index (κ2) is 5.84. The van der Waals surface area contributed by atoms with Crippen LogP contribution in [0.4, 0.5) is 0 Å². The number of fused-ring (bicyclic) bond motifs is 1. The Kier molecular flexibility index (Phi) is 4.13. The molecule has 0 aromatic heterocycles. The lowest BCUT2D eigenvalue weighted by molar-refractivity contribution is 0.351. The molecule has 2 aliphatic rings. The molecule has 1 N–H and O–H groups in total. The Morgan fingerprint density at radius 1 is 1.37 bits per heavy atom. The van der Waals surface area contributed by atoms with E-state index in [9.17, 15) is 0 Å². The fourth-order valence-electron chi connectivity index (χ4n) is 3.40. The van der Waals surface area contributed by atoms with Gasteiger partial charge in [-0.1, -0.05) is 29.3 Å². The van der Waals surface area contributed by atoms with E-state index in [2.05, 4.69) is 40.3 Å². The van der Waals surface area contributed by atoms with Crippen molar-refractivity contribution < 1.29 is 4.74 Å². The van der Waals surface area contributed by atoms with E-state index in [1.54, 1.807) is 0 Å². The fourth-order valence-corrected chi connectivity index (χ4v) is 3.95. The maximum absolute atomic E-state index is 5.76. The lowest BCUT2D eigenvalue weighted by Gasteiger charge is -2.13. The molecule has 0 amide bonds. The van der Waals surface area contributed by atoms with E-state index in [0.29, 0.717) is 0 Å². The van der Waals surface area contributed by atoms with Crippen LogP contribution in [0.2, 0.25) is 0 Å². The molecule has 104 valence electrons. The van der Waals surface area contributed by atoms with Crippen molar-refractivity contribution >= 4 is 15.9 Å². The van der Waals surface area contributed by atoms with Crippen molar-refractivity contribution in [2.45, 2.75) is 39.2 Å². The first-order chi connectivity index (χ1) is 9.22. The highest BCUT2D eigenvalue weighted by Gasteiger charge is 2.21. The smallest absolute Gasteiger partial charge is 0.127 e. The van der Waals surface area contributed by atoms with Crippen LogP contribution in [0, 0.1) is 11.8 Å². The monoisotopic (exact) mass is 323 g/mol. The van der Waals surface area contributed by atoms with Crippen molar-refractivity contribution in [2.75, 3.05) is 13.2 Å². The summed E-state index contributed by atoms with van der Waals surface area (Å²) in [5.41, 5.74) is 2.65. The van der Waals surface area contributed by atoms with Gasteiger partial charge < -0.3 is 10.1 Å². The molecule has 3 rings (SSSR count). The minimum absolute atomic E-state index is 0.832. The summed E-state index contributed by atoms with van der Waals surface area (Å²) in [4.78, 5) is 0. The second-order valence-electron chi connectivity index (χ2n) is 6.07. The maximum Gasteiger partial charge on any atom is 0.127 e. The fraction of sp³-hybridized carbons (Fsp3) is 0.625. The highest BCUT2D eigenvalue weighted by atomic mass is 79.9. The van der Waals surface area contributed by atoms with Crippen LogP contribution in [0.3, 0.4) is 0 Å². The van der Waals surface area contributed by atoms with Crippen LogP contribution in [0.25, 0.3) is 0 Å². The summed E-state index contributed by atoms with van der Waals surface area (Å²) in [6.45, 7) is 5.27. The highest BCUT2D eigenvalue weighted by molar-refractivity contribution is 9.10. The molecule has 1 fully saturated rings. The van der Waals surface area contributed by atoms with Crippen LogP contribution in [0.1, 0.15) is 37.3 Å². The maximum atomic E-state index is 5.76. The predicted octanol–water partition coefficient (Wildman–Crippen LogP) is 3.91. The minimum Gasteiger partial charge on any atom is -0.493 e. The first-order valence-electron chi connectivity index (χ1n) is 7.37. The predicted molar refractivity (Wildman–Crippen MR) is 81.6 cm³/mol. The largest absolute Gasteiger partial charge is 0.493 e. The Hall–Kier alpha value is -0.540. The van der Waals surface area contributed by atoms with Crippen molar-refractivity contribution in [1.29, 1.82) is 0 Å². The van der Waals surface area contributed by atoms with Gasteiger partial charge in [0, 0.05) is 23.0 Å². The Balaban J connectivity index is 1.58. The molecule has 1 aromatic rings. The summed E-state index contributed by atoms with van der Waals surface area (Å²) < 4.78 is 6.93. The van der Waals surface area contributed by atoms with Crippen LogP contribution in [-0.2, 0) is 13.0 Å². The summed E-state index contributed by atoms with van der Waals surface area (Å²) in [5.74, 6) is 2.91. The van der Waals surface area contributed by atoms with Gasteiger partial charge in [0.25, 0.3) is 0 Å².